The number of ether oxygens (including phenoxy) is 1. The summed E-state index contributed by atoms with van der Waals surface area (Å²) in [6.07, 6.45) is 3.09. The van der Waals surface area contributed by atoms with Crippen molar-refractivity contribution in [2.24, 2.45) is 0 Å². The van der Waals surface area contributed by atoms with Gasteiger partial charge in [-0.3, -0.25) is 19.5 Å². The van der Waals surface area contributed by atoms with Crippen molar-refractivity contribution in [3.8, 4) is 5.75 Å². The van der Waals surface area contributed by atoms with E-state index in [4.69, 9.17) is 4.74 Å². The third kappa shape index (κ3) is 5.97. The lowest BCUT2D eigenvalue weighted by Crippen LogP contribution is -2.29. The third-order valence-electron chi connectivity index (χ3n) is 7.16. The number of rotatable bonds is 9. The molecular formula is C33H25FN4O4S2. The van der Waals surface area contributed by atoms with Crippen LogP contribution >= 0.6 is 23.1 Å². The Balaban J connectivity index is 1.29. The van der Waals surface area contributed by atoms with Crippen LogP contribution in [-0.4, -0.2) is 32.0 Å². The zero-order chi connectivity index (χ0) is 30.6. The molecular weight excluding hydrogens is 600 g/mol. The highest BCUT2D eigenvalue weighted by atomic mass is 32.2. The third-order valence-corrected chi connectivity index (χ3v) is 9.27. The normalized spacial score (nSPS) is 16.0. The topological polar surface area (TPSA) is 106 Å². The fraction of sp³-hybridized carbons (Fsp3) is 0.121. The van der Waals surface area contributed by atoms with Gasteiger partial charge < -0.3 is 9.84 Å². The number of carbonyl (C=O) groups excluding carboxylic acids is 2. The van der Waals surface area contributed by atoms with Crippen molar-refractivity contribution in [1.82, 2.24) is 15.2 Å². The maximum absolute atomic E-state index is 14.1. The number of carbonyl (C=O) groups is 2. The monoisotopic (exact) mass is 624 g/mol. The highest BCUT2D eigenvalue weighted by molar-refractivity contribution is 8.00. The molecule has 0 spiro atoms. The SMILES string of the molecule is Cc1ccccc1COc1ccc(/C(O)=C2\C(=O)C(=O)N(c3nnc(SCc4ccccc4F)s3)C2c2ccncc2)cc1. The first-order valence-corrected chi connectivity index (χ1v) is 15.4. The quantitative estimate of drug-likeness (QED) is 0.0622. The Bertz CT molecular complexity index is 1860. The number of ketones is 1. The molecule has 44 heavy (non-hydrogen) atoms. The van der Waals surface area contributed by atoms with Crippen molar-refractivity contribution in [3.05, 3.63) is 137 Å². The van der Waals surface area contributed by atoms with Crippen molar-refractivity contribution in [3.63, 3.8) is 0 Å². The number of nitrogens with zero attached hydrogens (tertiary/aromatic N) is 4. The van der Waals surface area contributed by atoms with Gasteiger partial charge in [-0.1, -0.05) is 65.6 Å². The van der Waals surface area contributed by atoms with Gasteiger partial charge in [-0.05, 0) is 71.6 Å². The molecule has 1 unspecified atom stereocenters. The van der Waals surface area contributed by atoms with E-state index in [1.54, 1.807) is 67.0 Å². The second-order valence-corrected chi connectivity index (χ2v) is 12.1. The number of hydrogen-bond donors (Lipinski definition) is 1. The van der Waals surface area contributed by atoms with Crippen molar-refractivity contribution >= 4 is 45.7 Å². The second-order valence-electron chi connectivity index (χ2n) is 9.92. The first-order chi connectivity index (χ1) is 21.4. The molecule has 0 radical (unpaired) electrons. The number of aliphatic hydroxyl groups excluding tert-OH is 1. The van der Waals surface area contributed by atoms with Crippen molar-refractivity contribution in [2.45, 2.75) is 29.7 Å². The van der Waals surface area contributed by atoms with Gasteiger partial charge >= 0.3 is 5.91 Å². The molecule has 1 aliphatic heterocycles. The van der Waals surface area contributed by atoms with E-state index in [2.05, 4.69) is 15.2 Å². The van der Waals surface area contributed by atoms with Crippen LogP contribution in [0, 0.1) is 12.7 Å². The zero-order valence-electron chi connectivity index (χ0n) is 23.4. The molecule has 3 heterocycles. The van der Waals surface area contributed by atoms with Gasteiger partial charge in [0.05, 0.1) is 11.6 Å². The van der Waals surface area contributed by atoms with E-state index in [0.717, 1.165) is 22.5 Å². The Labute approximate surface area is 260 Å². The molecule has 1 N–H and O–H groups in total. The standard InChI is InChI=1S/C33H25FN4O4S2/c1-20-6-2-3-7-23(20)18-42-25-12-10-22(11-13-25)29(39)27-28(21-14-16-35-17-15-21)38(31(41)30(27)40)32-36-37-33(44-32)43-19-24-8-4-5-9-26(24)34/h2-17,28,39H,18-19H2,1H3/b29-27+. The van der Waals surface area contributed by atoms with Gasteiger partial charge in [-0.25, -0.2) is 4.39 Å². The number of amides is 1. The first-order valence-electron chi connectivity index (χ1n) is 13.6. The molecule has 1 amide bonds. The van der Waals surface area contributed by atoms with Gasteiger partial charge in [-0.15, -0.1) is 10.2 Å². The summed E-state index contributed by atoms with van der Waals surface area (Å²) >= 11 is 2.38. The van der Waals surface area contributed by atoms with Crippen LogP contribution < -0.4 is 9.64 Å². The predicted octanol–water partition coefficient (Wildman–Crippen LogP) is 6.88. The average molecular weight is 625 g/mol. The molecule has 1 atom stereocenters. The smallest absolute Gasteiger partial charge is 0.301 e. The van der Waals surface area contributed by atoms with Gasteiger partial charge in [-0.2, -0.15) is 0 Å². The summed E-state index contributed by atoms with van der Waals surface area (Å²) in [4.78, 5) is 32.2. The largest absolute Gasteiger partial charge is 0.507 e. The van der Waals surface area contributed by atoms with Gasteiger partial charge in [0.2, 0.25) is 5.13 Å². The van der Waals surface area contributed by atoms with Crippen LogP contribution in [0.1, 0.15) is 33.9 Å². The number of hydrogen-bond acceptors (Lipinski definition) is 9. The van der Waals surface area contributed by atoms with Crippen molar-refractivity contribution < 1.29 is 23.8 Å². The van der Waals surface area contributed by atoms with Gasteiger partial charge in [0.1, 0.15) is 23.9 Å². The van der Waals surface area contributed by atoms with Crippen LogP contribution in [0.5, 0.6) is 5.75 Å². The van der Waals surface area contributed by atoms with Crippen molar-refractivity contribution in [1.29, 1.82) is 0 Å². The number of pyridine rings is 1. The minimum Gasteiger partial charge on any atom is -0.507 e. The van der Waals surface area contributed by atoms with Crippen LogP contribution in [-0.2, 0) is 21.9 Å². The van der Waals surface area contributed by atoms with E-state index in [9.17, 15) is 19.1 Å². The summed E-state index contributed by atoms with van der Waals surface area (Å²) in [6, 6.07) is 23.5. The van der Waals surface area contributed by atoms with Crippen LogP contribution in [0.15, 0.2) is 107 Å². The molecule has 8 nitrogen and oxygen atoms in total. The zero-order valence-corrected chi connectivity index (χ0v) is 25.0. The Morgan fingerprint density at radius 3 is 2.39 bits per heavy atom. The number of Topliss-reactive ketones (excluding diaryl/α,β-unsaturated/α-hetero) is 1. The number of aliphatic hydroxyl groups is 1. The van der Waals surface area contributed by atoms with Crippen LogP contribution in [0.2, 0.25) is 0 Å². The maximum Gasteiger partial charge on any atom is 0.301 e. The number of anilines is 1. The van der Waals surface area contributed by atoms with E-state index in [-0.39, 0.29) is 22.3 Å². The molecule has 0 aliphatic carbocycles. The van der Waals surface area contributed by atoms with Gasteiger partial charge in [0, 0.05) is 23.7 Å². The van der Waals surface area contributed by atoms with E-state index in [1.807, 2.05) is 31.2 Å². The Hall–Kier alpha value is -4.87. The lowest BCUT2D eigenvalue weighted by Gasteiger charge is -2.22. The fourth-order valence-corrected chi connectivity index (χ4v) is 6.66. The molecule has 6 rings (SSSR count). The Morgan fingerprint density at radius 2 is 1.66 bits per heavy atom. The molecule has 1 fully saturated rings. The van der Waals surface area contributed by atoms with Crippen molar-refractivity contribution in [2.75, 3.05) is 4.90 Å². The minimum absolute atomic E-state index is 0.0782. The van der Waals surface area contributed by atoms with Crippen LogP contribution in [0.3, 0.4) is 0 Å². The first kappa shape index (κ1) is 29.2. The highest BCUT2D eigenvalue weighted by Crippen LogP contribution is 2.44. The molecule has 1 aliphatic rings. The Kier molecular flexibility index (Phi) is 8.49. The molecule has 0 saturated carbocycles. The summed E-state index contributed by atoms with van der Waals surface area (Å²) in [6.45, 7) is 2.40. The molecule has 5 aromatic rings. The predicted molar refractivity (Wildman–Crippen MR) is 167 cm³/mol. The summed E-state index contributed by atoms with van der Waals surface area (Å²) in [5.41, 5.74) is 3.53. The van der Waals surface area contributed by atoms with E-state index < -0.39 is 17.7 Å². The highest BCUT2D eigenvalue weighted by Gasteiger charge is 2.48. The summed E-state index contributed by atoms with van der Waals surface area (Å²) < 4.78 is 20.5. The molecule has 11 heteroatoms. The van der Waals surface area contributed by atoms with Gasteiger partial charge in [0.15, 0.2) is 4.34 Å². The second kappa shape index (κ2) is 12.8. The molecule has 2 aromatic heterocycles. The summed E-state index contributed by atoms with van der Waals surface area (Å²) in [5.74, 6) is -1.42. The van der Waals surface area contributed by atoms with E-state index in [0.29, 0.717) is 39.1 Å². The number of halogens is 1. The summed E-state index contributed by atoms with van der Waals surface area (Å²) in [5, 5.41) is 20.0. The van der Waals surface area contributed by atoms with Crippen LogP contribution in [0.4, 0.5) is 9.52 Å². The number of aryl methyl sites for hydroxylation is 1. The fourth-order valence-electron chi connectivity index (χ4n) is 4.80. The van der Waals surface area contributed by atoms with E-state index in [1.165, 1.54) is 22.7 Å². The lowest BCUT2D eigenvalue weighted by atomic mass is 9.96. The van der Waals surface area contributed by atoms with Crippen LogP contribution in [0.25, 0.3) is 5.76 Å². The average Bonchev–Trinajstić information content (AvgIpc) is 3.62. The maximum atomic E-state index is 14.1. The molecule has 3 aromatic carbocycles. The molecule has 1 saturated heterocycles. The Morgan fingerprint density at radius 1 is 0.955 bits per heavy atom. The number of benzene rings is 3. The molecule has 0 bridgehead atoms. The minimum atomic E-state index is -0.965. The van der Waals surface area contributed by atoms with E-state index >= 15 is 0 Å². The summed E-state index contributed by atoms with van der Waals surface area (Å²) in [7, 11) is 0. The number of thioether (sulfide) groups is 1. The number of aromatic nitrogens is 3. The lowest BCUT2D eigenvalue weighted by molar-refractivity contribution is -0.132. The van der Waals surface area contributed by atoms with Gasteiger partial charge in [0.25, 0.3) is 5.78 Å². The molecule has 220 valence electrons.